The highest BCUT2D eigenvalue weighted by atomic mass is 32.1. The highest BCUT2D eigenvalue weighted by molar-refractivity contribution is 7.09. The maximum absolute atomic E-state index is 12.8. The van der Waals surface area contributed by atoms with Gasteiger partial charge < -0.3 is 14.2 Å². The van der Waals surface area contributed by atoms with Crippen LogP contribution in [0.4, 0.5) is 13.2 Å². The van der Waals surface area contributed by atoms with Crippen molar-refractivity contribution in [2.24, 2.45) is 0 Å². The fraction of sp³-hybridized carbons (Fsp3) is 0.550. The third kappa shape index (κ3) is 6.15. The second-order valence-electron chi connectivity index (χ2n) is 6.97. The third-order valence-electron chi connectivity index (χ3n) is 4.83. The van der Waals surface area contributed by atoms with E-state index in [1.54, 1.807) is 7.11 Å². The molecule has 1 aliphatic heterocycles. The molecule has 0 amide bonds. The monoisotopic (exact) mass is 430 g/mol. The molecule has 2 atom stereocenters. The van der Waals surface area contributed by atoms with Gasteiger partial charge in [0.25, 0.3) is 0 Å². The second kappa shape index (κ2) is 9.88. The number of hydrogen-bond acceptors (Lipinski definition) is 6. The molecule has 29 heavy (non-hydrogen) atoms. The fourth-order valence-electron chi connectivity index (χ4n) is 3.25. The smallest absolute Gasteiger partial charge is 0.443 e. The summed E-state index contributed by atoms with van der Waals surface area (Å²) in [6, 6.07) is 8.17. The molecule has 2 unspecified atom stereocenters. The second-order valence-corrected chi connectivity index (χ2v) is 7.83. The third-order valence-corrected chi connectivity index (χ3v) is 5.73. The van der Waals surface area contributed by atoms with Crippen LogP contribution in [0.15, 0.2) is 29.6 Å². The summed E-state index contributed by atoms with van der Waals surface area (Å²) in [6.45, 7) is 4.91. The van der Waals surface area contributed by atoms with E-state index >= 15 is 0 Å². The lowest BCUT2D eigenvalue weighted by molar-refractivity contribution is -0.138. The molecule has 2 heterocycles. The Morgan fingerprint density at radius 2 is 2.03 bits per heavy atom. The number of ether oxygens (including phenoxy) is 3. The molecule has 1 fully saturated rings. The molecule has 0 bridgehead atoms. The van der Waals surface area contributed by atoms with Crippen LogP contribution in [0.5, 0.6) is 5.75 Å². The van der Waals surface area contributed by atoms with Crippen molar-refractivity contribution in [3.8, 4) is 5.75 Å². The van der Waals surface area contributed by atoms with Gasteiger partial charge in [0.05, 0.1) is 18.9 Å². The zero-order valence-electron chi connectivity index (χ0n) is 16.4. The molecule has 1 saturated heterocycles. The Balaban J connectivity index is 1.55. The lowest BCUT2D eigenvalue weighted by atomic mass is 10.0. The van der Waals surface area contributed by atoms with Crippen molar-refractivity contribution in [2.45, 2.75) is 31.7 Å². The number of nitrogens with zero attached hydrogens (tertiary/aromatic N) is 2. The molecule has 0 spiro atoms. The Hall–Kier alpha value is -1.68. The summed E-state index contributed by atoms with van der Waals surface area (Å²) in [4.78, 5) is 5.98. The maximum atomic E-state index is 12.8. The minimum Gasteiger partial charge on any atom is -0.491 e. The largest absolute Gasteiger partial charge is 0.491 e. The summed E-state index contributed by atoms with van der Waals surface area (Å²) >= 11 is 0.616. The maximum Gasteiger partial charge on any atom is 0.443 e. The molecular formula is C20H25F3N2O3S. The Bertz CT molecular complexity index is 767. The van der Waals surface area contributed by atoms with E-state index < -0.39 is 17.3 Å². The van der Waals surface area contributed by atoms with Gasteiger partial charge in [-0.25, -0.2) is 4.98 Å². The Morgan fingerprint density at radius 1 is 1.28 bits per heavy atom. The van der Waals surface area contributed by atoms with Crippen LogP contribution in [0, 0.1) is 0 Å². The first kappa shape index (κ1) is 22.0. The highest BCUT2D eigenvalue weighted by Gasteiger charge is 2.36. The van der Waals surface area contributed by atoms with Crippen LogP contribution in [0.2, 0.25) is 0 Å². The quantitative estimate of drug-likeness (QED) is 0.588. The van der Waals surface area contributed by atoms with Crippen LogP contribution in [0.3, 0.4) is 0 Å². The molecule has 2 aromatic rings. The standard InChI is InChI=1S/C20H25F3N2O3S/c1-14(11-15-3-5-16(6-4-15)27-10-9-26-2)25-7-8-28-18(12-25)17-13-29-19(24-17)20(21,22)23/h3-6,13-14,18H,7-12H2,1-2H3. The molecule has 0 saturated carbocycles. The minimum atomic E-state index is -4.41. The molecule has 1 aliphatic rings. The van der Waals surface area contributed by atoms with Crippen molar-refractivity contribution in [1.82, 2.24) is 9.88 Å². The molecule has 5 nitrogen and oxygen atoms in total. The predicted octanol–water partition coefficient (Wildman–Crippen LogP) is 4.19. The van der Waals surface area contributed by atoms with Gasteiger partial charge in [-0.1, -0.05) is 12.1 Å². The summed E-state index contributed by atoms with van der Waals surface area (Å²) in [5.74, 6) is 0.800. The number of morpholine rings is 1. The summed E-state index contributed by atoms with van der Waals surface area (Å²) in [6.07, 6.45) is -4.02. The lowest BCUT2D eigenvalue weighted by Gasteiger charge is -2.36. The van der Waals surface area contributed by atoms with Crippen LogP contribution >= 0.6 is 11.3 Å². The van der Waals surface area contributed by atoms with Crippen LogP contribution in [0.25, 0.3) is 0 Å². The minimum absolute atomic E-state index is 0.224. The van der Waals surface area contributed by atoms with Gasteiger partial charge in [0.15, 0.2) is 5.01 Å². The first-order chi connectivity index (χ1) is 13.9. The van der Waals surface area contributed by atoms with E-state index in [1.165, 1.54) is 10.9 Å². The number of benzene rings is 1. The Kier molecular flexibility index (Phi) is 7.50. The fourth-order valence-corrected chi connectivity index (χ4v) is 3.98. The van der Waals surface area contributed by atoms with Gasteiger partial charge in [-0.3, -0.25) is 4.90 Å². The molecular weight excluding hydrogens is 405 g/mol. The number of aromatic nitrogens is 1. The number of halogens is 3. The van der Waals surface area contributed by atoms with E-state index in [-0.39, 0.29) is 6.04 Å². The van der Waals surface area contributed by atoms with Crippen molar-refractivity contribution in [3.63, 3.8) is 0 Å². The number of hydrogen-bond donors (Lipinski definition) is 0. The van der Waals surface area contributed by atoms with Gasteiger partial charge in [0.2, 0.25) is 0 Å². The summed E-state index contributed by atoms with van der Waals surface area (Å²) in [5, 5.41) is 0.623. The highest BCUT2D eigenvalue weighted by Crippen LogP contribution is 2.34. The van der Waals surface area contributed by atoms with E-state index in [2.05, 4.69) is 16.8 Å². The molecule has 0 N–H and O–H groups in total. The molecule has 160 valence electrons. The molecule has 0 radical (unpaired) electrons. The zero-order chi connectivity index (χ0) is 20.9. The van der Waals surface area contributed by atoms with E-state index in [1.807, 2.05) is 24.3 Å². The first-order valence-electron chi connectivity index (χ1n) is 9.45. The van der Waals surface area contributed by atoms with Gasteiger partial charge in [0, 0.05) is 31.6 Å². The topological polar surface area (TPSA) is 43.8 Å². The van der Waals surface area contributed by atoms with Crippen LogP contribution in [-0.4, -0.2) is 55.9 Å². The average Bonchev–Trinajstić information content (AvgIpc) is 3.20. The summed E-state index contributed by atoms with van der Waals surface area (Å²) < 4.78 is 54.7. The molecule has 0 aliphatic carbocycles. The van der Waals surface area contributed by atoms with Crippen LogP contribution in [-0.2, 0) is 22.1 Å². The van der Waals surface area contributed by atoms with Gasteiger partial charge in [0.1, 0.15) is 18.5 Å². The average molecular weight is 430 g/mol. The van der Waals surface area contributed by atoms with Crippen molar-refractivity contribution in [1.29, 1.82) is 0 Å². The van der Waals surface area contributed by atoms with E-state index in [9.17, 15) is 13.2 Å². The zero-order valence-corrected chi connectivity index (χ0v) is 17.3. The van der Waals surface area contributed by atoms with Crippen LogP contribution in [0.1, 0.15) is 29.3 Å². The summed E-state index contributed by atoms with van der Waals surface area (Å²) in [5.41, 5.74) is 1.53. The van der Waals surface area contributed by atoms with Crippen molar-refractivity contribution in [3.05, 3.63) is 45.9 Å². The Morgan fingerprint density at radius 3 is 2.69 bits per heavy atom. The van der Waals surface area contributed by atoms with Crippen LogP contribution < -0.4 is 4.74 Å². The number of rotatable bonds is 8. The molecule has 1 aromatic heterocycles. The number of methoxy groups -OCH3 is 1. The van der Waals surface area contributed by atoms with Gasteiger partial charge in [-0.05, 0) is 31.0 Å². The lowest BCUT2D eigenvalue weighted by Crippen LogP contribution is -2.44. The molecule has 3 rings (SSSR count). The van der Waals surface area contributed by atoms with Gasteiger partial charge in [-0.15, -0.1) is 11.3 Å². The van der Waals surface area contributed by atoms with E-state index in [0.29, 0.717) is 43.4 Å². The predicted molar refractivity (Wildman–Crippen MR) is 104 cm³/mol. The van der Waals surface area contributed by atoms with E-state index in [4.69, 9.17) is 14.2 Å². The number of alkyl halides is 3. The normalized spacial score (nSPS) is 19.3. The first-order valence-corrected chi connectivity index (χ1v) is 10.3. The Labute approximate surface area is 172 Å². The van der Waals surface area contributed by atoms with Crippen molar-refractivity contribution >= 4 is 11.3 Å². The van der Waals surface area contributed by atoms with E-state index in [0.717, 1.165) is 18.7 Å². The van der Waals surface area contributed by atoms with Crippen molar-refractivity contribution < 1.29 is 27.4 Å². The molecule has 1 aromatic carbocycles. The molecule has 9 heteroatoms. The van der Waals surface area contributed by atoms with Gasteiger partial charge in [-0.2, -0.15) is 13.2 Å². The summed E-state index contributed by atoms with van der Waals surface area (Å²) in [7, 11) is 1.63. The SMILES string of the molecule is COCCOc1ccc(CC(C)N2CCOC(c3csc(C(F)(F)F)n3)C2)cc1. The number of thiazole rings is 1. The van der Waals surface area contributed by atoms with Crippen molar-refractivity contribution in [2.75, 3.05) is 40.0 Å². The van der Waals surface area contributed by atoms with Gasteiger partial charge >= 0.3 is 6.18 Å².